The highest BCUT2D eigenvalue weighted by molar-refractivity contribution is 5.78. The number of aliphatic carboxylic acids is 1. The number of carbonyl (C=O) groups is 1. The van der Waals surface area contributed by atoms with Crippen molar-refractivity contribution in [1.29, 1.82) is 0 Å². The van der Waals surface area contributed by atoms with Crippen molar-refractivity contribution in [3.8, 4) is 39.8 Å². The predicted molar refractivity (Wildman–Crippen MR) is 119 cm³/mol. The number of rotatable bonds is 9. The molecule has 1 heterocycles. The molecule has 164 valence electrons. The first-order valence-corrected chi connectivity index (χ1v) is 10.1. The van der Waals surface area contributed by atoms with Gasteiger partial charge in [-0.3, -0.25) is 4.68 Å². The van der Waals surface area contributed by atoms with Crippen LogP contribution in [-0.4, -0.2) is 41.7 Å². The van der Waals surface area contributed by atoms with Crippen LogP contribution in [0.15, 0.2) is 42.5 Å². The van der Waals surface area contributed by atoms with Gasteiger partial charge in [0.15, 0.2) is 18.1 Å². The first-order chi connectivity index (χ1) is 14.8. The van der Waals surface area contributed by atoms with Crippen molar-refractivity contribution in [3.63, 3.8) is 0 Å². The summed E-state index contributed by atoms with van der Waals surface area (Å²) in [6, 6.07) is 13.3. The van der Waals surface area contributed by atoms with E-state index in [0.717, 1.165) is 22.4 Å². The Morgan fingerprint density at radius 3 is 2.48 bits per heavy atom. The van der Waals surface area contributed by atoms with Crippen LogP contribution in [0, 0.1) is 12.8 Å². The van der Waals surface area contributed by atoms with E-state index in [1.54, 1.807) is 20.3 Å². The lowest BCUT2D eigenvalue weighted by Crippen LogP contribution is -2.10. The Hall–Kier alpha value is -3.48. The molecule has 0 spiro atoms. The molecule has 0 atom stereocenters. The summed E-state index contributed by atoms with van der Waals surface area (Å²) in [5.74, 6) is 1.08. The van der Waals surface area contributed by atoms with E-state index in [-0.39, 0.29) is 0 Å². The lowest BCUT2D eigenvalue weighted by atomic mass is 10.0. The first kappa shape index (κ1) is 22.2. The number of hydrogen-bond donors (Lipinski definition) is 1. The fourth-order valence-electron chi connectivity index (χ4n) is 3.45. The van der Waals surface area contributed by atoms with Crippen molar-refractivity contribution < 1.29 is 24.1 Å². The summed E-state index contributed by atoms with van der Waals surface area (Å²) in [4.78, 5) is 11.0. The summed E-state index contributed by atoms with van der Waals surface area (Å²) >= 11 is 0. The highest BCUT2D eigenvalue weighted by atomic mass is 16.5. The van der Waals surface area contributed by atoms with Crippen molar-refractivity contribution >= 4 is 5.97 Å². The zero-order chi connectivity index (χ0) is 22.5. The fourth-order valence-corrected chi connectivity index (χ4v) is 3.45. The summed E-state index contributed by atoms with van der Waals surface area (Å²) in [6.45, 7) is 6.51. The second-order valence-electron chi connectivity index (χ2n) is 7.71. The highest BCUT2D eigenvalue weighted by Gasteiger charge is 2.20. The van der Waals surface area contributed by atoms with Crippen LogP contribution in [0.1, 0.15) is 19.4 Å². The number of aryl methyl sites for hydroxylation is 1. The minimum Gasteiger partial charge on any atom is -0.493 e. The number of aromatic nitrogens is 2. The van der Waals surface area contributed by atoms with Gasteiger partial charge in [-0.15, -0.1) is 0 Å². The molecule has 7 nitrogen and oxygen atoms in total. The zero-order valence-electron chi connectivity index (χ0n) is 18.5. The van der Waals surface area contributed by atoms with E-state index in [4.69, 9.17) is 24.4 Å². The quantitative estimate of drug-likeness (QED) is 0.538. The lowest BCUT2D eigenvalue weighted by Gasteiger charge is -2.14. The van der Waals surface area contributed by atoms with Gasteiger partial charge in [-0.1, -0.05) is 31.5 Å². The maximum absolute atomic E-state index is 11.0. The van der Waals surface area contributed by atoms with Gasteiger partial charge in [-0.05, 0) is 43.2 Å². The van der Waals surface area contributed by atoms with Crippen LogP contribution in [0.5, 0.6) is 17.2 Å². The van der Waals surface area contributed by atoms with Gasteiger partial charge in [0.25, 0.3) is 0 Å². The van der Waals surface area contributed by atoms with Crippen LogP contribution >= 0.6 is 0 Å². The molecule has 0 radical (unpaired) electrons. The molecule has 0 fully saturated rings. The van der Waals surface area contributed by atoms with Gasteiger partial charge < -0.3 is 19.3 Å². The van der Waals surface area contributed by atoms with Gasteiger partial charge in [0.2, 0.25) is 0 Å². The van der Waals surface area contributed by atoms with Crippen molar-refractivity contribution in [2.45, 2.75) is 27.3 Å². The number of para-hydroxylation sites is 1. The van der Waals surface area contributed by atoms with Gasteiger partial charge in [0.1, 0.15) is 5.75 Å². The van der Waals surface area contributed by atoms with Crippen LogP contribution < -0.4 is 14.2 Å². The van der Waals surface area contributed by atoms with Crippen LogP contribution in [0.4, 0.5) is 0 Å². The molecule has 3 rings (SSSR count). The van der Waals surface area contributed by atoms with E-state index in [1.165, 1.54) is 0 Å². The Morgan fingerprint density at radius 2 is 1.84 bits per heavy atom. The van der Waals surface area contributed by atoms with Gasteiger partial charge >= 0.3 is 5.97 Å². The maximum Gasteiger partial charge on any atom is 0.341 e. The molecule has 0 saturated heterocycles. The summed E-state index contributed by atoms with van der Waals surface area (Å²) < 4.78 is 18.6. The van der Waals surface area contributed by atoms with Gasteiger partial charge in [0, 0.05) is 17.7 Å². The summed E-state index contributed by atoms with van der Waals surface area (Å²) in [7, 11) is 3.22. The maximum atomic E-state index is 11.0. The SMILES string of the molecule is COc1cccc(-c2cc(-c3cc(C)ccc3OCC(=O)O)nn2CC(C)C)c1OC. The monoisotopic (exact) mass is 424 g/mol. The fraction of sp³-hybridized carbons (Fsp3) is 0.333. The minimum absolute atomic E-state index is 0.364. The van der Waals surface area contributed by atoms with Gasteiger partial charge in [-0.25, -0.2) is 4.79 Å². The molecule has 0 aliphatic carbocycles. The smallest absolute Gasteiger partial charge is 0.341 e. The number of benzene rings is 2. The summed E-state index contributed by atoms with van der Waals surface area (Å²) in [5, 5.41) is 13.9. The molecular formula is C24H28N2O5. The van der Waals surface area contributed by atoms with Gasteiger partial charge in [-0.2, -0.15) is 5.10 Å². The predicted octanol–water partition coefficient (Wildman–Crippen LogP) is 4.66. The number of ether oxygens (including phenoxy) is 3. The molecule has 0 bridgehead atoms. The van der Waals surface area contributed by atoms with Crippen molar-refractivity contribution in [2.75, 3.05) is 20.8 Å². The Bertz CT molecular complexity index is 1070. The molecule has 3 aromatic rings. The van der Waals surface area contributed by atoms with Crippen LogP contribution in [0.2, 0.25) is 0 Å². The molecule has 7 heteroatoms. The molecule has 1 aromatic heterocycles. The summed E-state index contributed by atoms with van der Waals surface area (Å²) in [5.41, 5.74) is 4.21. The van der Waals surface area contributed by atoms with E-state index >= 15 is 0 Å². The second kappa shape index (κ2) is 9.55. The third-order valence-electron chi connectivity index (χ3n) is 4.76. The number of hydrogen-bond acceptors (Lipinski definition) is 5. The molecule has 1 N–H and O–H groups in total. The Balaban J connectivity index is 2.17. The molecule has 0 aliphatic heterocycles. The topological polar surface area (TPSA) is 82.8 Å². The number of carboxylic acid groups (broad SMARTS) is 1. The number of carboxylic acids is 1. The van der Waals surface area contributed by atoms with Crippen LogP contribution in [-0.2, 0) is 11.3 Å². The number of nitrogens with zero attached hydrogens (tertiary/aromatic N) is 2. The minimum atomic E-state index is -1.03. The summed E-state index contributed by atoms with van der Waals surface area (Å²) in [6.07, 6.45) is 0. The van der Waals surface area contributed by atoms with Crippen LogP contribution in [0.25, 0.3) is 22.5 Å². The molecule has 2 aromatic carbocycles. The third kappa shape index (κ3) is 4.99. The first-order valence-electron chi connectivity index (χ1n) is 10.1. The molecular weight excluding hydrogens is 396 g/mol. The molecule has 0 saturated carbocycles. The zero-order valence-corrected chi connectivity index (χ0v) is 18.5. The lowest BCUT2D eigenvalue weighted by molar-refractivity contribution is -0.139. The average molecular weight is 424 g/mol. The Morgan fingerprint density at radius 1 is 1.06 bits per heavy atom. The normalized spacial score (nSPS) is 10.9. The van der Waals surface area contributed by atoms with Crippen molar-refractivity contribution in [1.82, 2.24) is 9.78 Å². The largest absolute Gasteiger partial charge is 0.493 e. The van der Waals surface area contributed by atoms with E-state index in [9.17, 15) is 4.79 Å². The Kier molecular flexibility index (Phi) is 6.84. The molecule has 31 heavy (non-hydrogen) atoms. The second-order valence-corrected chi connectivity index (χ2v) is 7.71. The van der Waals surface area contributed by atoms with E-state index < -0.39 is 12.6 Å². The standard InChI is InChI=1S/C24H28N2O5/c1-15(2)13-26-20(17-7-6-8-22(29-4)24(17)30-5)12-19(25-26)18-11-16(3)9-10-21(18)31-14-23(27)28/h6-12,15H,13-14H2,1-5H3,(H,27,28). The average Bonchev–Trinajstić information content (AvgIpc) is 3.14. The Labute approximate surface area is 182 Å². The molecule has 0 aliphatic rings. The van der Waals surface area contributed by atoms with Crippen LogP contribution in [0.3, 0.4) is 0 Å². The van der Waals surface area contributed by atoms with Crippen molar-refractivity contribution in [2.24, 2.45) is 5.92 Å². The molecule has 0 amide bonds. The highest BCUT2D eigenvalue weighted by Crippen LogP contribution is 2.40. The van der Waals surface area contributed by atoms with Gasteiger partial charge in [0.05, 0.1) is 25.6 Å². The van der Waals surface area contributed by atoms with E-state index in [2.05, 4.69) is 13.8 Å². The van der Waals surface area contributed by atoms with E-state index in [1.807, 2.05) is 48.0 Å². The van der Waals surface area contributed by atoms with Crippen molar-refractivity contribution in [3.05, 3.63) is 48.0 Å². The molecule has 0 unspecified atom stereocenters. The van der Waals surface area contributed by atoms with E-state index in [0.29, 0.717) is 35.4 Å². The third-order valence-corrected chi connectivity index (χ3v) is 4.76. The number of methoxy groups -OCH3 is 2.